The molecule has 1 atom stereocenters. The van der Waals surface area contributed by atoms with Crippen molar-refractivity contribution < 1.29 is 14.3 Å². The van der Waals surface area contributed by atoms with Crippen molar-refractivity contribution in [1.82, 2.24) is 4.81 Å². The van der Waals surface area contributed by atoms with Crippen LogP contribution in [-0.4, -0.2) is 43.2 Å². The molecule has 1 aliphatic carbocycles. The molecule has 4 rings (SSSR count). The Morgan fingerprint density at radius 2 is 1.86 bits per heavy atom. The monoisotopic (exact) mass is 494 g/mol. The second-order valence-corrected chi connectivity index (χ2v) is 10.6. The van der Waals surface area contributed by atoms with Gasteiger partial charge in [0.1, 0.15) is 0 Å². The molecule has 1 heterocycles. The van der Waals surface area contributed by atoms with Crippen molar-refractivity contribution in [2.75, 3.05) is 24.8 Å². The van der Waals surface area contributed by atoms with E-state index in [-0.39, 0.29) is 18.9 Å². The highest BCUT2D eigenvalue weighted by molar-refractivity contribution is 6.77. The van der Waals surface area contributed by atoms with E-state index in [1.807, 2.05) is 36.0 Å². The molecule has 7 heteroatoms. The van der Waals surface area contributed by atoms with E-state index in [0.717, 1.165) is 36.9 Å². The molecule has 0 spiro atoms. The predicted octanol–water partition coefficient (Wildman–Crippen LogP) is 4.82. The van der Waals surface area contributed by atoms with E-state index < -0.39 is 5.41 Å². The number of nitrogens with zero attached hydrogens (tertiary/aromatic N) is 1. The first kappa shape index (κ1) is 25.6. The molecule has 1 N–H and O–H groups in total. The number of ether oxygens (including phenoxy) is 1. The van der Waals surface area contributed by atoms with Crippen molar-refractivity contribution in [3.63, 3.8) is 0 Å². The lowest BCUT2D eigenvalue weighted by Crippen LogP contribution is -2.61. The number of anilines is 1. The molecule has 5 nitrogen and oxygen atoms in total. The quantitative estimate of drug-likeness (QED) is 0.325. The SMILES string of the molecule is CCCCN1B(c2c(C)c3c(c(C)c2CCCCl)CC(C)(C(=O)OC)C3)Nc2ccccc2C1=O. The van der Waals surface area contributed by atoms with E-state index >= 15 is 0 Å². The largest absolute Gasteiger partial charge is 0.469 e. The Morgan fingerprint density at radius 1 is 1.17 bits per heavy atom. The standard InChI is InChI=1S/C28H36BClN2O3/c1-6-7-15-32-26(33)21-11-8-9-13-24(21)31-29(32)25-19(3)23-17-28(4,27(34)35-5)16-22(23)18(2)20(25)12-10-14-30/h8-9,11,13,31H,6-7,10,12,14-17H2,1-5H3. The van der Waals surface area contributed by atoms with Gasteiger partial charge in [0.25, 0.3) is 0 Å². The van der Waals surface area contributed by atoms with Crippen molar-refractivity contribution in [2.45, 2.75) is 66.2 Å². The number of alkyl halides is 1. The summed E-state index contributed by atoms with van der Waals surface area (Å²) in [7, 11) is 1.47. The van der Waals surface area contributed by atoms with Gasteiger partial charge in [-0.2, -0.15) is 0 Å². The molecule has 35 heavy (non-hydrogen) atoms. The summed E-state index contributed by atoms with van der Waals surface area (Å²) in [6.45, 7) is 8.90. The normalized spacial score (nSPS) is 18.9. The highest BCUT2D eigenvalue weighted by atomic mass is 35.5. The summed E-state index contributed by atoms with van der Waals surface area (Å²) >= 11 is 6.15. The summed E-state index contributed by atoms with van der Waals surface area (Å²) in [6.07, 6.45) is 4.97. The van der Waals surface area contributed by atoms with E-state index in [1.54, 1.807) is 0 Å². The number of rotatable bonds is 8. The van der Waals surface area contributed by atoms with Gasteiger partial charge in [-0.15, -0.1) is 11.6 Å². The molecule has 1 aliphatic heterocycles. The lowest BCUT2D eigenvalue weighted by atomic mass is 9.58. The summed E-state index contributed by atoms with van der Waals surface area (Å²) in [4.78, 5) is 28.4. The first-order valence-electron chi connectivity index (χ1n) is 12.7. The van der Waals surface area contributed by atoms with E-state index in [2.05, 4.69) is 26.0 Å². The van der Waals surface area contributed by atoms with Crippen molar-refractivity contribution >= 4 is 41.6 Å². The van der Waals surface area contributed by atoms with Crippen LogP contribution in [0, 0.1) is 19.3 Å². The average molecular weight is 495 g/mol. The van der Waals surface area contributed by atoms with E-state index in [4.69, 9.17) is 16.3 Å². The Bertz CT molecular complexity index is 1150. The number of hydrogen-bond donors (Lipinski definition) is 1. The second-order valence-electron chi connectivity index (χ2n) is 10.2. The number of nitrogens with one attached hydrogen (secondary N) is 1. The molecule has 0 saturated heterocycles. The Labute approximate surface area is 214 Å². The minimum absolute atomic E-state index is 0.0676. The molecule has 0 bridgehead atoms. The van der Waals surface area contributed by atoms with Crippen LogP contribution in [0.5, 0.6) is 0 Å². The maximum Gasteiger partial charge on any atom is 0.411 e. The molecule has 2 aromatic carbocycles. The minimum atomic E-state index is -0.570. The zero-order valence-corrected chi connectivity index (χ0v) is 22.3. The van der Waals surface area contributed by atoms with Gasteiger partial charge >= 0.3 is 13.0 Å². The first-order chi connectivity index (χ1) is 16.8. The summed E-state index contributed by atoms with van der Waals surface area (Å²) in [6, 6.07) is 7.77. The van der Waals surface area contributed by atoms with Crippen LogP contribution >= 0.6 is 11.6 Å². The first-order valence-corrected chi connectivity index (χ1v) is 13.3. The fraction of sp³-hybridized carbons (Fsp3) is 0.500. The van der Waals surface area contributed by atoms with Crippen LogP contribution < -0.4 is 10.7 Å². The Balaban J connectivity index is 1.90. The highest BCUT2D eigenvalue weighted by Crippen LogP contribution is 2.42. The van der Waals surface area contributed by atoms with Crippen LogP contribution in [0.1, 0.15) is 71.3 Å². The number of unbranched alkanes of at least 4 members (excludes halogenated alkanes) is 1. The molecule has 0 aromatic heterocycles. The number of carbonyl (C=O) groups is 2. The summed E-state index contributed by atoms with van der Waals surface area (Å²) in [5.41, 5.74) is 8.32. The number of halogens is 1. The zero-order chi connectivity index (χ0) is 25.3. The number of para-hydroxylation sites is 1. The fourth-order valence-corrected chi connectivity index (χ4v) is 6.09. The fourth-order valence-electron chi connectivity index (χ4n) is 5.95. The lowest BCUT2D eigenvalue weighted by molar-refractivity contribution is -0.151. The van der Waals surface area contributed by atoms with Gasteiger partial charge in [-0.25, -0.2) is 0 Å². The third-order valence-corrected chi connectivity index (χ3v) is 8.14. The van der Waals surface area contributed by atoms with Gasteiger partial charge in [0.2, 0.25) is 5.91 Å². The molecule has 2 aromatic rings. The van der Waals surface area contributed by atoms with Crippen LogP contribution in [0.3, 0.4) is 0 Å². The third-order valence-electron chi connectivity index (χ3n) is 7.87. The molecule has 0 fully saturated rings. The molecule has 0 saturated carbocycles. The Morgan fingerprint density at radius 3 is 2.51 bits per heavy atom. The average Bonchev–Trinajstić information content (AvgIpc) is 3.23. The van der Waals surface area contributed by atoms with Gasteiger partial charge < -0.3 is 14.8 Å². The second kappa shape index (κ2) is 10.3. The topological polar surface area (TPSA) is 58.6 Å². The number of methoxy groups -OCH3 is 1. The molecular formula is C28H36BClN2O3. The molecule has 2 aliphatic rings. The molecule has 1 amide bonds. The maximum absolute atomic E-state index is 13.7. The van der Waals surface area contributed by atoms with Crippen molar-refractivity contribution in [2.24, 2.45) is 5.41 Å². The van der Waals surface area contributed by atoms with E-state index in [1.165, 1.54) is 40.4 Å². The van der Waals surface area contributed by atoms with Crippen LogP contribution in [0.4, 0.5) is 5.69 Å². The van der Waals surface area contributed by atoms with Gasteiger partial charge in [0.05, 0.1) is 18.1 Å². The number of benzene rings is 2. The maximum atomic E-state index is 13.7. The van der Waals surface area contributed by atoms with Crippen molar-refractivity contribution in [3.05, 3.63) is 57.6 Å². The molecular weight excluding hydrogens is 459 g/mol. The van der Waals surface area contributed by atoms with Gasteiger partial charge in [-0.05, 0) is 98.3 Å². The number of amides is 1. The van der Waals surface area contributed by atoms with E-state index in [0.29, 0.717) is 25.3 Å². The zero-order valence-electron chi connectivity index (χ0n) is 21.6. The van der Waals surface area contributed by atoms with Crippen LogP contribution in [0.15, 0.2) is 24.3 Å². The Kier molecular flexibility index (Phi) is 7.51. The van der Waals surface area contributed by atoms with Crippen molar-refractivity contribution in [1.29, 1.82) is 0 Å². The van der Waals surface area contributed by atoms with E-state index in [9.17, 15) is 9.59 Å². The summed E-state index contributed by atoms with van der Waals surface area (Å²) < 4.78 is 5.18. The molecule has 0 radical (unpaired) electrons. The smallest absolute Gasteiger partial charge is 0.411 e. The van der Waals surface area contributed by atoms with Gasteiger partial charge in [0.15, 0.2) is 0 Å². The summed E-state index contributed by atoms with van der Waals surface area (Å²) in [5.74, 6) is 0.479. The third kappa shape index (κ3) is 4.46. The lowest BCUT2D eigenvalue weighted by Gasteiger charge is -2.38. The Hall–Kier alpha value is -2.47. The minimum Gasteiger partial charge on any atom is -0.469 e. The van der Waals surface area contributed by atoms with Gasteiger partial charge in [-0.3, -0.25) is 9.59 Å². The number of fused-ring (bicyclic) bond motifs is 2. The van der Waals surface area contributed by atoms with Crippen LogP contribution in [-0.2, 0) is 28.8 Å². The molecule has 1 unspecified atom stereocenters. The number of hydrogen-bond acceptors (Lipinski definition) is 4. The van der Waals surface area contributed by atoms with Crippen LogP contribution in [0.2, 0.25) is 0 Å². The predicted molar refractivity (Wildman–Crippen MR) is 144 cm³/mol. The summed E-state index contributed by atoms with van der Waals surface area (Å²) in [5, 5.41) is 3.71. The van der Waals surface area contributed by atoms with Gasteiger partial charge in [0, 0.05) is 18.1 Å². The molecule has 186 valence electrons. The highest BCUT2D eigenvalue weighted by Gasteiger charge is 2.45. The van der Waals surface area contributed by atoms with Crippen molar-refractivity contribution in [3.8, 4) is 0 Å². The number of carbonyl (C=O) groups excluding carboxylic acids is 2. The number of esters is 1. The van der Waals surface area contributed by atoms with Gasteiger partial charge in [-0.1, -0.05) is 25.5 Å². The van der Waals surface area contributed by atoms with Crippen LogP contribution in [0.25, 0.3) is 0 Å².